The Morgan fingerprint density at radius 3 is 2.71 bits per heavy atom. The number of para-hydroxylation sites is 2. The van der Waals surface area contributed by atoms with E-state index in [0.29, 0.717) is 31.9 Å². The lowest BCUT2D eigenvalue weighted by molar-refractivity contribution is -0.142. The average molecular weight is 331 g/mol. The molecule has 0 saturated carbocycles. The molecule has 24 heavy (non-hydrogen) atoms. The summed E-state index contributed by atoms with van der Waals surface area (Å²) in [7, 11) is 0. The lowest BCUT2D eigenvalue weighted by atomic mass is 10.2. The highest BCUT2D eigenvalue weighted by molar-refractivity contribution is 5.81. The van der Waals surface area contributed by atoms with Crippen LogP contribution in [0.2, 0.25) is 0 Å². The summed E-state index contributed by atoms with van der Waals surface area (Å²) < 4.78 is 12.4. The number of piperazine rings is 1. The van der Waals surface area contributed by atoms with Gasteiger partial charge in [0.2, 0.25) is 0 Å². The zero-order valence-electron chi connectivity index (χ0n) is 13.5. The topological polar surface area (TPSA) is 67.9 Å². The zero-order chi connectivity index (χ0) is 16.5. The highest BCUT2D eigenvalue weighted by atomic mass is 16.5. The van der Waals surface area contributed by atoms with Crippen molar-refractivity contribution in [2.45, 2.75) is 25.6 Å². The first-order valence-electron chi connectivity index (χ1n) is 8.43. The molecule has 0 bridgehead atoms. The van der Waals surface area contributed by atoms with Crippen molar-refractivity contribution in [3.63, 3.8) is 0 Å². The lowest BCUT2D eigenvalue weighted by Crippen LogP contribution is -2.51. The number of ether oxygens (including phenoxy) is 1. The molecule has 2 aromatic rings. The normalized spacial score (nSPS) is 22.3. The number of rotatable bonds is 3. The van der Waals surface area contributed by atoms with Crippen LogP contribution in [0.3, 0.4) is 0 Å². The molecular weight excluding hydrogens is 310 g/mol. The molecule has 1 aromatic carbocycles. The number of nitrogens with zero attached hydrogens (tertiary/aromatic N) is 3. The minimum atomic E-state index is -0.339. The van der Waals surface area contributed by atoms with Gasteiger partial charge in [-0.15, -0.1) is 0 Å². The van der Waals surface area contributed by atoms with Crippen LogP contribution in [-0.2, 0) is 16.2 Å². The summed E-state index contributed by atoms with van der Waals surface area (Å²) in [6.45, 7) is 3.99. The predicted octanol–water partition coefficient (Wildman–Crippen LogP) is 0.875. The predicted molar refractivity (Wildman–Crippen MR) is 87.6 cm³/mol. The molecule has 0 N–H and O–H groups in total. The molecule has 2 saturated heterocycles. The maximum Gasteiger partial charge on any atom is 0.421 e. The maximum absolute atomic E-state index is 12.4. The largest absolute Gasteiger partial charge is 0.421 e. The van der Waals surface area contributed by atoms with Crippen LogP contribution in [0.4, 0.5) is 0 Å². The molecular formula is C17H21N3O4. The molecule has 0 unspecified atom stereocenters. The van der Waals surface area contributed by atoms with Gasteiger partial charge in [-0.25, -0.2) is 4.79 Å². The van der Waals surface area contributed by atoms with Crippen molar-refractivity contribution in [1.82, 2.24) is 14.4 Å². The molecule has 2 aliphatic heterocycles. The second-order valence-electron chi connectivity index (χ2n) is 6.35. The van der Waals surface area contributed by atoms with Crippen molar-refractivity contribution >= 4 is 17.0 Å². The summed E-state index contributed by atoms with van der Waals surface area (Å²) in [4.78, 5) is 28.5. The van der Waals surface area contributed by atoms with Crippen LogP contribution in [-0.4, -0.2) is 59.2 Å². The summed E-state index contributed by atoms with van der Waals surface area (Å²) in [5, 5.41) is 0. The number of hydrogen-bond acceptors (Lipinski definition) is 5. The van der Waals surface area contributed by atoms with Crippen molar-refractivity contribution < 1.29 is 13.9 Å². The number of hydrogen-bond donors (Lipinski definition) is 0. The minimum Gasteiger partial charge on any atom is -0.408 e. The SMILES string of the molecule is O=C([C@H]1CCCO1)N1CCN(Cn2c(=O)oc3ccccc32)CC1. The molecule has 4 rings (SSSR count). The Hall–Kier alpha value is -2.12. The quantitative estimate of drug-likeness (QED) is 0.835. The first-order valence-corrected chi connectivity index (χ1v) is 8.43. The van der Waals surface area contributed by atoms with Crippen LogP contribution in [0.25, 0.3) is 11.1 Å². The van der Waals surface area contributed by atoms with Crippen molar-refractivity contribution in [3.05, 3.63) is 34.8 Å². The molecule has 3 heterocycles. The van der Waals surface area contributed by atoms with Crippen LogP contribution in [0.15, 0.2) is 33.5 Å². The molecule has 1 atom stereocenters. The van der Waals surface area contributed by atoms with Crippen molar-refractivity contribution in [3.8, 4) is 0 Å². The fourth-order valence-electron chi connectivity index (χ4n) is 3.43. The first-order chi connectivity index (χ1) is 11.7. The Kier molecular flexibility index (Phi) is 4.12. The van der Waals surface area contributed by atoms with Crippen LogP contribution in [0.1, 0.15) is 12.8 Å². The van der Waals surface area contributed by atoms with Gasteiger partial charge in [-0.2, -0.15) is 0 Å². The van der Waals surface area contributed by atoms with Gasteiger partial charge in [0, 0.05) is 32.8 Å². The summed E-state index contributed by atoms with van der Waals surface area (Å²) in [5.74, 6) is -0.230. The number of amides is 1. The molecule has 128 valence electrons. The van der Waals surface area contributed by atoms with Gasteiger partial charge in [-0.3, -0.25) is 14.3 Å². The number of carbonyl (C=O) groups is 1. The maximum atomic E-state index is 12.4. The molecule has 0 radical (unpaired) electrons. The van der Waals surface area contributed by atoms with E-state index in [-0.39, 0.29) is 17.8 Å². The first kappa shape index (κ1) is 15.4. The number of benzene rings is 1. The standard InChI is InChI=1S/C17H21N3O4/c21-16(15-6-3-11-23-15)19-9-7-18(8-10-19)12-20-13-4-1-2-5-14(13)24-17(20)22/h1-2,4-5,15H,3,6-12H2/t15-/m1/s1. The van der Waals surface area contributed by atoms with Gasteiger partial charge in [-0.1, -0.05) is 12.1 Å². The van der Waals surface area contributed by atoms with Gasteiger partial charge in [0.05, 0.1) is 12.2 Å². The van der Waals surface area contributed by atoms with E-state index >= 15 is 0 Å². The van der Waals surface area contributed by atoms with Crippen LogP contribution in [0.5, 0.6) is 0 Å². The molecule has 1 amide bonds. The lowest BCUT2D eigenvalue weighted by Gasteiger charge is -2.35. The second-order valence-corrected chi connectivity index (χ2v) is 6.35. The summed E-state index contributed by atoms with van der Waals surface area (Å²) in [6, 6.07) is 7.43. The molecule has 7 nitrogen and oxygen atoms in total. The van der Waals surface area contributed by atoms with E-state index in [1.807, 2.05) is 23.1 Å². The van der Waals surface area contributed by atoms with Gasteiger partial charge in [0.15, 0.2) is 5.58 Å². The fraction of sp³-hybridized carbons (Fsp3) is 0.529. The average Bonchev–Trinajstić information content (AvgIpc) is 3.24. The number of aromatic nitrogens is 1. The number of fused-ring (bicyclic) bond motifs is 1. The number of carbonyl (C=O) groups excluding carboxylic acids is 1. The highest BCUT2D eigenvalue weighted by Crippen LogP contribution is 2.17. The third-order valence-corrected chi connectivity index (χ3v) is 4.80. The van der Waals surface area contributed by atoms with Crippen LogP contribution < -0.4 is 5.76 Å². The van der Waals surface area contributed by atoms with Gasteiger partial charge >= 0.3 is 5.76 Å². The third kappa shape index (κ3) is 2.85. The zero-order valence-corrected chi connectivity index (χ0v) is 13.5. The second kappa shape index (κ2) is 6.41. The molecule has 0 spiro atoms. The Morgan fingerprint density at radius 1 is 1.17 bits per heavy atom. The number of oxazole rings is 1. The van der Waals surface area contributed by atoms with Gasteiger partial charge < -0.3 is 14.1 Å². The smallest absolute Gasteiger partial charge is 0.408 e. The Balaban J connectivity index is 1.40. The molecule has 2 aliphatic rings. The summed E-state index contributed by atoms with van der Waals surface area (Å²) in [5.41, 5.74) is 1.41. The Morgan fingerprint density at radius 2 is 1.96 bits per heavy atom. The molecule has 7 heteroatoms. The van der Waals surface area contributed by atoms with Crippen LogP contribution >= 0.6 is 0 Å². The molecule has 2 fully saturated rings. The van der Waals surface area contributed by atoms with Gasteiger partial charge in [-0.05, 0) is 25.0 Å². The summed E-state index contributed by atoms with van der Waals surface area (Å²) >= 11 is 0. The van der Waals surface area contributed by atoms with E-state index in [9.17, 15) is 9.59 Å². The van der Waals surface area contributed by atoms with E-state index < -0.39 is 0 Å². The van der Waals surface area contributed by atoms with Crippen LogP contribution in [0, 0.1) is 0 Å². The van der Waals surface area contributed by atoms with E-state index in [1.54, 1.807) is 10.6 Å². The van der Waals surface area contributed by atoms with Gasteiger partial charge in [0.1, 0.15) is 6.10 Å². The summed E-state index contributed by atoms with van der Waals surface area (Å²) in [6.07, 6.45) is 1.54. The van der Waals surface area contributed by atoms with Gasteiger partial charge in [0.25, 0.3) is 5.91 Å². The van der Waals surface area contributed by atoms with E-state index in [1.165, 1.54) is 0 Å². The Labute approximate surface area is 139 Å². The third-order valence-electron chi connectivity index (χ3n) is 4.80. The van der Waals surface area contributed by atoms with Crippen molar-refractivity contribution in [1.29, 1.82) is 0 Å². The highest BCUT2D eigenvalue weighted by Gasteiger charge is 2.30. The molecule has 1 aromatic heterocycles. The van der Waals surface area contributed by atoms with Crippen molar-refractivity contribution in [2.75, 3.05) is 32.8 Å². The Bertz CT molecular complexity index is 782. The molecule has 0 aliphatic carbocycles. The van der Waals surface area contributed by atoms with E-state index in [4.69, 9.17) is 9.15 Å². The van der Waals surface area contributed by atoms with E-state index in [2.05, 4.69) is 4.90 Å². The fourth-order valence-corrected chi connectivity index (χ4v) is 3.43. The monoisotopic (exact) mass is 331 g/mol. The van der Waals surface area contributed by atoms with Crippen molar-refractivity contribution in [2.24, 2.45) is 0 Å². The minimum absolute atomic E-state index is 0.109. The van der Waals surface area contributed by atoms with E-state index in [0.717, 1.165) is 31.4 Å².